The molecule has 14 heteroatoms. The summed E-state index contributed by atoms with van der Waals surface area (Å²) in [7, 11) is 1.38. The summed E-state index contributed by atoms with van der Waals surface area (Å²) in [5, 5.41) is 8.90. The molecule has 3 rings (SSSR count). The number of alkyl halides is 3. The van der Waals surface area contributed by atoms with Gasteiger partial charge in [0.1, 0.15) is 18.0 Å². The minimum Gasteiger partial charge on any atom is -0.382 e. The summed E-state index contributed by atoms with van der Waals surface area (Å²) in [6, 6.07) is 5.50. The van der Waals surface area contributed by atoms with Crippen molar-refractivity contribution in [1.29, 1.82) is 5.26 Å². The average Bonchev–Trinajstić information content (AvgIpc) is 2.87. The van der Waals surface area contributed by atoms with Gasteiger partial charge in [0.05, 0.1) is 37.4 Å². The van der Waals surface area contributed by atoms with Crippen LogP contribution in [0.3, 0.4) is 0 Å². The van der Waals surface area contributed by atoms with Gasteiger partial charge in [0.2, 0.25) is 11.8 Å². The van der Waals surface area contributed by atoms with Crippen LogP contribution in [0.25, 0.3) is 0 Å². The number of nitriles is 1. The molecule has 2 saturated heterocycles. The topological polar surface area (TPSA) is 129 Å². The second-order valence-corrected chi connectivity index (χ2v) is 8.87. The van der Waals surface area contributed by atoms with Crippen molar-refractivity contribution in [2.45, 2.75) is 37.8 Å². The number of ether oxygens (including phenoxy) is 3. The van der Waals surface area contributed by atoms with Crippen LogP contribution in [-0.2, 0) is 23.8 Å². The Hall–Kier alpha value is -2.99. The van der Waals surface area contributed by atoms with Crippen LogP contribution in [0.15, 0.2) is 18.3 Å². The number of nitrogens with one attached hydrogen (secondary N) is 2. The predicted octanol–water partition coefficient (Wildman–Crippen LogP) is 0.610. The summed E-state index contributed by atoms with van der Waals surface area (Å²) in [5.74, 6) is -2.89. The van der Waals surface area contributed by atoms with E-state index in [1.54, 1.807) is 24.0 Å². The quantitative estimate of drug-likeness (QED) is 0.449. The molecule has 2 fully saturated rings. The standard InChI is InChI=1S/C23H31F3N6O5/c1-15(9-20(33)32-7-5-31(6-8-32)19-4-3-16(10-27)11-28-19)36-14-17(13-35-2)37-18-12-29-30-22(34)21(18)23(24,25)26/h3-4,11,15,17-18,21,29H,5-9,12-14H2,1-2H3,(H,30,34)/t15-,17+,18?,21?/m0/s1. The monoisotopic (exact) mass is 528 g/mol. The molecular formula is C23H31F3N6O5. The largest absolute Gasteiger partial charge is 0.403 e. The van der Waals surface area contributed by atoms with Crippen LogP contribution >= 0.6 is 0 Å². The lowest BCUT2D eigenvalue weighted by Gasteiger charge is -2.36. The minimum atomic E-state index is -4.77. The molecule has 0 saturated carbocycles. The molecule has 2 unspecified atom stereocenters. The van der Waals surface area contributed by atoms with Crippen LogP contribution in [0.4, 0.5) is 19.0 Å². The fourth-order valence-electron chi connectivity index (χ4n) is 4.18. The number of methoxy groups -OCH3 is 1. The first-order valence-corrected chi connectivity index (χ1v) is 11.9. The zero-order valence-corrected chi connectivity index (χ0v) is 20.7. The highest BCUT2D eigenvalue weighted by Gasteiger charge is 2.52. The van der Waals surface area contributed by atoms with Crippen LogP contribution in [0.2, 0.25) is 0 Å². The normalized spacial score (nSPS) is 22.2. The molecule has 204 valence electrons. The van der Waals surface area contributed by atoms with E-state index >= 15 is 0 Å². The molecule has 0 aromatic carbocycles. The van der Waals surface area contributed by atoms with Gasteiger partial charge in [-0.25, -0.2) is 10.4 Å². The number of nitrogens with zero attached hydrogens (tertiary/aromatic N) is 4. The molecule has 37 heavy (non-hydrogen) atoms. The van der Waals surface area contributed by atoms with Crippen molar-refractivity contribution in [3.05, 3.63) is 23.9 Å². The smallest absolute Gasteiger partial charge is 0.382 e. The highest BCUT2D eigenvalue weighted by molar-refractivity contribution is 5.80. The zero-order chi connectivity index (χ0) is 27.0. The van der Waals surface area contributed by atoms with Crippen molar-refractivity contribution < 1.29 is 37.0 Å². The number of piperazine rings is 1. The van der Waals surface area contributed by atoms with Crippen molar-refractivity contribution in [2.75, 3.05) is 57.9 Å². The second-order valence-electron chi connectivity index (χ2n) is 8.87. The number of anilines is 1. The van der Waals surface area contributed by atoms with Crippen LogP contribution in [-0.4, -0.2) is 99.2 Å². The number of hydrazine groups is 1. The second kappa shape index (κ2) is 13.0. The number of hydrogen-bond acceptors (Lipinski definition) is 9. The van der Waals surface area contributed by atoms with E-state index in [9.17, 15) is 22.8 Å². The lowest BCUT2D eigenvalue weighted by molar-refractivity contribution is -0.223. The predicted molar refractivity (Wildman–Crippen MR) is 124 cm³/mol. The van der Waals surface area contributed by atoms with Crippen LogP contribution in [0.5, 0.6) is 0 Å². The van der Waals surface area contributed by atoms with Gasteiger partial charge in [-0.15, -0.1) is 0 Å². The van der Waals surface area contributed by atoms with Crippen molar-refractivity contribution >= 4 is 17.6 Å². The molecule has 3 heterocycles. The van der Waals surface area contributed by atoms with Crippen molar-refractivity contribution in [3.8, 4) is 6.07 Å². The van der Waals surface area contributed by atoms with Gasteiger partial charge in [0.15, 0.2) is 5.92 Å². The fourth-order valence-corrected chi connectivity index (χ4v) is 4.18. The van der Waals surface area contributed by atoms with Gasteiger partial charge in [-0.2, -0.15) is 18.4 Å². The molecule has 0 radical (unpaired) electrons. The number of amides is 2. The summed E-state index contributed by atoms with van der Waals surface area (Å²) >= 11 is 0. The Morgan fingerprint density at radius 2 is 2.00 bits per heavy atom. The Morgan fingerprint density at radius 1 is 1.27 bits per heavy atom. The molecular weight excluding hydrogens is 497 g/mol. The van der Waals surface area contributed by atoms with Crippen LogP contribution < -0.4 is 15.8 Å². The Morgan fingerprint density at radius 3 is 2.59 bits per heavy atom. The fraction of sp³-hybridized carbons (Fsp3) is 0.652. The van der Waals surface area contributed by atoms with Crippen LogP contribution in [0, 0.1) is 17.2 Å². The first kappa shape index (κ1) is 28.6. The number of pyridine rings is 1. The number of carbonyl (C=O) groups is 2. The number of hydrogen-bond donors (Lipinski definition) is 2. The number of aromatic nitrogens is 1. The first-order chi connectivity index (χ1) is 17.6. The molecule has 1 aromatic rings. The molecule has 11 nitrogen and oxygen atoms in total. The van der Waals surface area contributed by atoms with E-state index < -0.39 is 36.3 Å². The van der Waals surface area contributed by atoms with E-state index in [4.69, 9.17) is 19.5 Å². The molecule has 0 aliphatic carbocycles. The Kier molecular flexibility index (Phi) is 10.0. The van der Waals surface area contributed by atoms with E-state index in [0.29, 0.717) is 31.7 Å². The van der Waals surface area contributed by atoms with Gasteiger partial charge < -0.3 is 24.0 Å². The summed E-state index contributed by atoms with van der Waals surface area (Å²) < 4.78 is 56.5. The lowest BCUT2D eigenvalue weighted by Crippen LogP contribution is -2.61. The summed E-state index contributed by atoms with van der Waals surface area (Å²) in [4.78, 5) is 32.6. The lowest BCUT2D eigenvalue weighted by atomic mass is 9.99. The van der Waals surface area contributed by atoms with Crippen molar-refractivity contribution in [3.63, 3.8) is 0 Å². The van der Waals surface area contributed by atoms with Gasteiger partial charge in [-0.05, 0) is 19.1 Å². The molecule has 0 spiro atoms. The molecule has 2 aliphatic heterocycles. The molecule has 4 atom stereocenters. The van der Waals surface area contributed by atoms with E-state index in [1.807, 2.05) is 16.4 Å². The van der Waals surface area contributed by atoms with Gasteiger partial charge in [0.25, 0.3) is 0 Å². The van der Waals surface area contributed by atoms with E-state index in [2.05, 4.69) is 10.4 Å². The third-order valence-corrected chi connectivity index (χ3v) is 6.10. The molecule has 1 aromatic heterocycles. The van der Waals surface area contributed by atoms with Crippen LogP contribution in [0.1, 0.15) is 18.9 Å². The maximum absolute atomic E-state index is 13.4. The highest BCUT2D eigenvalue weighted by atomic mass is 19.4. The Labute approximate surface area is 212 Å². The van der Waals surface area contributed by atoms with E-state index in [0.717, 1.165) is 5.82 Å². The third kappa shape index (κ3) is 8.00. The van der Waals surface area contributed by atoms with Gasteiger partial charge in [-0.1, -0.05) is 0 Å². The maximum atomic E-state index is 13.4. The third-order valence-electron chi connectivity index (χ3n) is 6.10. The first-order valence-electron chi connectivity index (χ1n) is 11.9. The zero-order valence-electron chi connectivity index (χ0n) is 20.7. The SMILES string of the molecule is COC[C@H](CO[C@@H](C)CC(=O)N1CCN(c2ccc(C#N)cn2)CC1)OC1CNNC(=O)C1C(F)(F)F. The maximum Gasteiger partial charge on any atom is 0.403 e. The number of rotatable bonds is 10. The minimum absolute atomic E-state index is 0.0469. The summed E-state index contributed by atoms with van der Waals surface area (Å²) in [5.41, 5.74) is 4.86. The van der Waals surface area contributed by atoms with E-state index in [-0.39, 0.29) is 32.1 Å². The molecule has 2 amide bonds. The van der Waals surface area contributed by atoms with Crippen molar-refractivity contribution in [1.82, 2.24) is 20.7 Å². The van der Waals surface area contributed by atoms with Crippen molar-refractivity contribution in [2.24, 2.45) is 5.92 Å². The van der Waals surface area contributed by atoms with Gasteiger partial charge >= 0.3 is 6.18 Å². The number of halogens is 3. The average molecular weight is 529 g/mol. The Balaban J connectivity index is 1.45. The molecule has 2 N–H and O–H groups in total. The Bertz CT molecular complexity index is 950. The van der Waals surface area contributed by atoms with E-state index in [1.165, 1.54) is 13.3 Å². The summed E-state index contributed by atoms with van der Waals surface area (Å²) in [6.07, 6.45) is -6.00. The van der Waals surface area contributed by atoms with Gasteiger partial charge in [0, 0.05) is 46.0 Å². The summed E-state index contributed by atoms with van der Waals surface area (Å²) in [6.45, 7) is 3.50. The number of carbonyl (C=O) groups excluding carboxylic acids is 2. The van der Waals surface area contributed by atoms with Gasteiger partial charge in [-0.3, -0.25) is 15.0 Å². The molecule has 2 aliphatic rings. The highest BCUT2D eigenvalue weighted by Crippen LogP contribution is 2.32. The molecule has 0 bridgehead atoms.